The van der Waals surface area contributed by atoms with Crippen LogP contribution in [0.1, 0.15) is 55.5 Å². The highest BCUT2D eigenvalue weighted by molar-refractivity contribution is 5.95. The number of carbonyl (C=O) groups excluding carboxylic acids is 2. The normalized spacial score (nSPS) is 17.2. The summed E-state index contributed by atoms with van der Waals surface area (Å²) < 4.78 is 10.7. The summed E-state index contributed by atoms with van der Waals surface area (Å²) in [6.07, 6.45) is 6.64. The number of likely N-dealkylation sites (tertiary alicyclic amines) is 1. The van der Waals surface area contributed by atoms with Gasteiger partial charge in [0.1, 0.15) is 11.8 Å². The van der Waals surface area contributed by atoms with Crippen molar-refractivity contribution in [2.75, 3.05) is 19.6 Å². The van der Waals surface area contributed by atoms with Crippen LogP contribution in [0.4, 0.5) is 0 Å². The standard InChI is InChI=1S/C21H29N3O4/c1-15(2)19(23-20(25)18-9-7-13-28-18)21(26)22-14-16(17-8-6-12-27-17)24-10-4-3-5-11-24/h6-9,12-13,15-16,19H,3-5,10-11,14H2,1-2H3,(H,22,26)(H,23,25)/t16?,19-/m0/s1. The van der Waals surface area contributed by atoms with Gasteiger partial charge in [0.25, 0.3) is 5.91 Å². The SMILES string of the molecule is CC(C)[C@H](NC(=O)c1ccco1)C(=O)NCC(c1ccco1)N1CCCCC1. The molecule has 28 heavy (non-hydrogen) atoms. The van der Waals surface area contributed by atoms with Gasteiger partial charge in [-0.15, -0.1) is 0 Å². The first-order chi connectivity index (χ1) is 13.6. The highest BCUT2D eigenvalue weighted by atomic mass is 16.3. The lowest BCUT2D eigenvalue weighted by molar-refractivity contribution is -0.124. The number of piperidine rings is 1. The van der Waals surface area contributed by atoms with Gasteiger partial charge in [0, 0.05) is 6.54 Å². The van der Waals surface area contributed by atoms with Crippen LogP contribution >= 0.6 is 0 Å². The van der Waals surface area contributed by atoms with E-state index >= 15 is 0 Å². The van der Waals surface area contributed by atoms with E-state index in [1.807, 2.05) is 26.0 Å². The predicted molar refractivity (Wildman–Crippen MR) is 105 cm³/mol. The summed E-state index contributed by atoms with van der Waals surface area (Å²) in [6.45, 7) is 6.23. The van der Waals surface area contributed by atoms with E-state index in [1.54, 1.807) is 18.4 Å². The topological polar surface area (TPSA) is 87.7 Å². The largest absolute Gasteiger partial charge is 0.468 e. The first-order valence-corrected chi connectivity index (χ1v) is 9.96. The zero-order valence-electron chi connectivity index (χ0n) is 16.5. The van der Waals surface area contributed by atoms with E-state index < -0.39 is 11.9 Å². The fraction of sp³-hybridized carbons (Fsp3) is 0.524. The second-order valence-electron chi connectivity index (χ2n) is 7.55. The van der Waals surface area contributed by atoms with Crippen molar-refractivity contribution in [2.24, 2.45) is 5.92 Å². The van der Waals surface area contributed by atoms with Crippen molar-refractivity contribution >= 4 is 11.8 Å². The maximum atomic E-state index is 12.8. The van der Waals surface area contributed by atoms with Gasteiger partial charge in [-0.3, -0.25) is 14.5 Å². The lowest BCUT2D eigenvalue weighted by Gasteiger charge is -2.34. The zero-order valence-corrected chi connectivity index (χ0v) is 16.5. The Labute approximate surface area is 165 Å². The summed E-state index contributed by atoms with van der Waals surface area (Å²) in [7, 11) is 0. The van der Waals surface area contributed by atoms with Crippen LogP contribution in [-0.4, -0.2) is 42.4 Å². The van der Waals surface area contributed by atoms with Crippen LogP contribution in [0.3, 0.4) is 0 Å². The third-order valence-electron chi connectivity index (χ3n) is 5.15. The minimum absolute atomic E-state index is 0.00663. The average Bonchev–Trinajstić information content (AvgIpc) is 3.40. The Morgan fingerprint density at radius 1 is 1.07 bits per heavy atom. The van der Waals surface area contributed by atoms with Crippen molar-refractivity contribution < 1.29 is 18.4 Å². The van der Waals surface area contributed by atoms with E-state index in [0.717, 1.165) is 31.7 Å². The van der Waals surface area contributed by atoms with Gasteiger partial charge < -0.3 is 19.5 Å². The minimum Gasteiger partial charge on any atom is -0.468 e. The summed E-state index contributed by atoms with van der Waals surface area (Å²) in [5, 5.41) is 5.79. The van der Waals surface area contributed by atoms with Crippen LogP contribution in [-0.2, 0) is 4.79 Å². The summed E-state index contributed by atoms with van der Waals surface area (Å²) >= 11 is 0. The van der Waals surface area contributed by atoms with E-state index in [9.17, 15) is 9.59 Å². The van der Waals surface area contributed by atoms with Gasteiger partial charge in [-0.1, -0.05) is 20.3 Å². The molecule has 2 amide bonds. The molecule has 1 fully saturated rings. The zero-order chi connectivity index (χ0) is 19.9. The highest BCUT2D eigenvalue weighted by Gasteiger charge is 2.29. The quantitative estimate of drug-likeness (QED) is 0.727. The van der Waals surface area contributed by atoms with Gasteiger partial charge in [-0.2, -0.15) is 0 Å². The summed E-state index contributed by atoms with van der Waals surface area (Å²) in [5.41, 5.74) is 0. The number of hydrogen-bond donors (Lipinski definition) is 2. The molecule has 0 saturated carbocycles. The molecule has 1 unspecified atom stereocenters. The highest BCUT2D eigenvalue weighted by Crippen LogP contribution is 2.24. The average molecular weight is 387 g/mol. The van der Waals surface area contributed by atoms with Gasteiger partial charge in [0.2, 0.25) is 5.91 Å². The molecule has 0 aromatic carbocycles. The maximum absolute atomic E-state index is 12.8. The fourth-order valence-corrected chi connectivity index (χ4v) is 3.58. The number of nitrogens with one attached hydrogen (secondary N) is 2. The molecule has 7 heteroatoms. The second kappa shape index (κ2) is 9.59. The molecule has 7 nitrogen and oxygen atoms in total. The molecule has 2 N–H and O–H groups in total. The number of carbonyl (C=O) groups is 2. The Hall–Kier alpha value is -2.54. The molecule has 3 rings (SSSR count). The van der Waals surface area contributed by atoms with E-state index in [4.69, 9.17) is 8.83 Å². The number of nitrogens with zero attached hydrogens (tertiary/aromatic N) is 1. The Morgan fingerprint density at radius 2 is 1.79 bits per heavy atom. The van der Waals surface area contributed by atoms with Gasteiger partial charge in [0.15, 0.2) is 5.76 Å². The fourth-order valence-electron chi connectivity index (χ4n) is 3.58. The molecule has 1 saturated heterocycles. The molecule has 2 aromatic rings. The lowest BCUT2D eigenvalue weighted by atomic mass is 10.0. The lowest BCUT2D eigenvalue weighted by Crippen LogP contribution is -2.51. The van der Waals surface area contributed by atoms with Crippen molar-refractivity contribution in [1.82, 2.24) is 15.5 Å². The van der Waals surface area contributed by atoms with Crippen molar-refractivity contribution in [3.63, 3.8) is 0 Å². The molecule has 3 heterocycles. The second-order valence-corrected chi connectivity index (χ2v) is 7.55. The molecule has 0 aliphatic carbocycles. The monoisotopic (exact) mass is 387 g/mol. The van der Waals surface area contributed by atoms with Crippen molar-refractivity contribution in [1.29, 1.82) is 0 Å². The van der Waals surface area contributed by atoms with E-state index in [2.05, 4.69) is 15.5 Å². The summed E-state index contributed by atoms with van der Waals surface area (Å²) in [5.74, 6) is 0.389. The van der Waals surface area contributed by atoms with Gasteiger partial charge in [-0.25, -0.2) is 0 Å². The van der Waals surface area contributed by atoms with E-state index in [1.165, 1.54) is 12.7 Å². The molecule has 1 aliphatic rings. The van der Waals surface area contributed by atoms with Crippen molar-refractivity contribution in [3.05, 3.63) is 48.3 Å². The first kappa shape index (κ1) is 20.2. The molecule has 152 valence electrons. The molecule has 1 aliphatic heterocycles. The third kappa shape index (κ3) is 5.04. The molecule has 0 spiro atoms. The Morgan fingerprint density at radius 3 is 2.39 bits per heavy atom. The maximum Gasteiger partial charge on any atom is 0.287 e. The van der Waals surface area contributed by atoms with Crippen molar-refractivity contribution in [3.8, 4) is 0 Å². The van der Waals surface area contributed by atoms with Crippen molar-refractivity contribution in [2.45, 2.75) is 45.2 Å². The van der Waals surface area contributed by atoms with Gasteiger partial charge in [0.05, 0.1) is 18.6 Å². The minimum atomic E-state index is -0.642. The molecule has 0 radical (unpaired) electrons. The Kier molecular flexibility index (Phi) is 6.92. The number of hydrogen-bond acceptors (Lipinski definition) is 5. The van der Waals surface area contributed by atoms with Gasteiger partial charge in [-0.05, 0) is 56.1 Å². The molecule has 2 atom stereocenters. The molecular formula is C21H29N3O4. The third-order valence-corrected chi connectivity index (χ3v) is 5.15. The Bertz CT molecular complexity index is 734. The number of rotatable bonds is 8. The van der Waals surface area contributed by atoms with Crippen LogP contribution < -0.4 is 10.6 Å². The smallest absolute Gasteiger partial charge is 0.287 e. The predicted octanol–water partition coefficient (Wildman–Crippen LogP) is 2.97. The number of amides is 2. The summed E-state index contributed by atoms with van der Waals surface area (Å²) in [6, 6.07) is 6.39. The molecule has 2 aromatic heterocycles. The number of furan rings is 2. The van der Waals surface area contributed by atoms with E-state index in [-0.39, 0.29) is 23.6 Å². The van der Waals surface area contributed by atoms with Crippen LogP contribution in [0.5, 0.6) is 0 Å². The van der Waals surface area contributed by atoms with Crippen LogP contribution in [0.2, 0.25) is 0 Å². The summed E-state index contributed by atoms with van der Waals surface area (Å²) in [4.78, 5) is 27.5. The Balaban J connectivity index is 1.63. The van der Waals surface area contributed by atoms with Crippen LogP contribution in [0.25, 0.3) is 0 Å². The first-order valence-electron chi connectivity index (χ1n) is 9.96. The molecule has 0 bridgehead atoms. The van der Waals surface area contributed by atoms with Gasteiger partial charge >= 0.3 is 0 Å². The molecular weight excluding hydrogens is 358 g/mol. The van der Waals surface area contributed by atoms with E-state index in [0.29, 0.717) is 6.54 Å². The van der Waals surface area contributed by atoms with Crippen LogP contribution in [0, 0.1) is 5.92 Å². The van der Waals surface area contributed by atoms with Crippen LogP contribution in [0.15, 0.2) is 45.6 Å².